The van der Waals surface area contributed by atoms with Crippen molar-refractivity contribution in [3.8, 4) is 6.07 Å². The number of anilines is 1. The molecule has 0 amide bonds. The van der Waals surface area contributed by atoms with Crippen molar-refractivity contribution in [3.63, 3.8) is 0 Å². The van der Waals surface area contributed by atoms with Crippen LogP contribution in [-0.4, -0.2) is 11.5 Å². The first-order valence-electron chi connectivity index (χ1n) is 6.81. The molecule has 2 rings (SSSR count). The normalized spacial score (nSPS) is 17.4. The first-order chi connectivity index (χ1) is 8.69. The van der Waals surface area contributed by atoms with Crippen molar-refractivity contribution in [1.82, 2.24) is 4.98 Å². The summed E-state index contributed by atoms with van der Waals surface area (Å²) in [5.41, 5.74) is 2.01. The van der Waals surface area contributed by atoms with Crippen LogP contribution in [0, 0.1) is 23.7 Å². The number of nitrogens with zero attached hydrogens (tertiary/aromatic N) is 2. The van der Waals surface area contributed by atoms with Gasteiger partial charge in [0.1, 0.15) is 11.9 Å². The van der Waals surface area contributed by atoms with E-state index in [4.69, 9.17) is 5.26 Å². The molecular weight excluding hydrogens is 222 g/mol. The standard InChI is InChI=1S/C15H21N3/c1-3-15(8-4-5-9-15)11-17-14-13(10-16)7-6-12(2)18-14/h6-7H,3-5,8-9,11H2,1-2H3,(H,17,18). The summed E-state index contributed by atoms with van der Waals surface area (Å²) >= 11 is 0. The highest BCUT2D eigenvalue weighted by atomic mass is 15.0. The van der Waals surface area contributed by atoms with Crippen LogP contribution in [0.15, 0.2) is 12.1 Å². The molecule has 0 atom stereocenters. The molecule has 1 aliphatic carbocycles. The fraction of sp³-hybridized carbons (Fsp3) is 0.600. The van der Waals surface area contributed by atoms with E-state index in [2.05, 4.69) is 23.3 Å². The van der Waals surface area contributed by atoms with Gasteiger partial charge in [0.25, 0.3) is 0 Å². The third kappa shape index (κ3) is 2.64. The molecule has 1 aliphatic rings. The Labute approximate surface area is 109 Å². The van der Waals surface area contributed by atoms with E-state index in [0.29, 0.717) is 11.0 Å². The molecule has 1 heterocycles. The minimum atomic E-state index is 0.415. The third-order valence-corrected chi connectivity index (χ3v) is 4.20. The SMILES string of the molecule is CCC1(CNc2nc(C)ccc2C#N)CCCC1. The average Bonchev–Trinajstić information content (AvgIpc) is 2.86. The molecule has 1 aromatic rings. The first-order valence-corrected chi connectivity index (χ1v) is 6.81. The van der Waals surface area contributed by atoms with Gasteiger partial charge in [-0.15, -0.1) is 0 Å². The van der Waals surface area contributed by atoms with Crippen molar-refractivity contribution in [1.29, 1.82) is 5.26 Å². The lowest BCUT2D eigenvalue weighted by Gasteiger charge is -2.28. The third-order valence-electron chi connectivity index (χ3n) is 4.20. The molecule has 0 radical (unpaired) electrons. The first kappa shape index (κ1) is 12.9. The number of rotatable bonds is 4. The Bertz CT molecular complexity index is 453. The number of nitrogens with one attached hydrogen (secondary N) is 1. The van der Waals surface area contributed by atoms with E-state index in [-0.39, 0.29) is 0 Å². The summed E-state index contributed by atoms with van der Waals surface area (Å²) in [4.78, 5) is 4.44. The van der Waals surface area contributed by atoms with Gasteiger partial charge < -0.3 is 5.32 Å². The number of nitriles is 1. The highest BCUT2D eigenvalue weighted by molar-refractivity contribution is 5.52. The molecule has 0 spiro atoms. The monoisotopic (exact) mass is 243 g/mol. The summed E-state index contributed by atoms with van der Waals surface area (Å²) in [7, 11) is 0. The van der Waals surface area contributed by atoms with Crippen LogP contribution in [0.2, 0.25) is 0 Å². The average molecular weight is 243 g/mol. The Morgan fingerprint density at radius 2 is 2.11 bits per heavy atom. The van der Waals surface area contributed by atoms with Crippen LogP contribution in [0.5, 0.6) is 0 Å². The quantitative estimate of drug-likeness (QED) is 0.878. The molecule has 0 saturated heterocycles. The molecular formula is C15H21N3. The largest absolute Gasteiger partial charge is 0.368 e. The van der Waals surface area contributed by atoms with E-state index in [1.54, 1.807) is 0 Å². The number of pyridine rings is 1. The van der Waals surface area contributed by atoms with E-state index < -0.39 is 0 Å². The smallest absolute Gasteiger partial charge is 0.144 e. The van der Waals surface area contributed by atoms with Crippen LogP contribution in [0.1, 0.15) is 50.3 Å². The molecule has 18 heavy (non-hydrogen) atoms. The summed E-state index contributed by atoms with van der Waals surface area (Å²) < 4.78 is 0. The van der Waals surface area contributed by atoms with E-state index in [9.17, 15) is 0 Å². The van der Waals surface area contributed by atoms with Crippen LogP contribution in [0.4, 0.5) is 5.82 Å². The van der Waals surface area contributed by atoms with Crippen molar-refractivity contribution < 1.29 is 0 Å². The molecule has 0 aromatic carbocycles. The predicted octanol–water partition coefficient (Wildman–Crippen LogP) is 3.64. The molecule has 0 unspecified atom stereocenters. The second-order valence-corrected chi connectivity index (χ2v) is 5.37. The Morgan fingerprint density at radius 1 is 1.39 bits per heavy atom. The summed E-state index contributed by atoms with van der Waals surface area (Å²) in [6.07, 6.45) is 6.46. The zero-order chi connectivity index (χ0) is 13.0. The van der Waals surface area contributed by atoms with E-state index in [0.717, 1.165) is 18.1 Å². The van der Waals surface area contributed by atoms with Gasteiger partial charge in [0.05, 0.1) is 5.56 Å². The molecule has 1 fully saturated rings. The number of aromatic nitrogens is 1. The zero-order valence-corrected chi connectivity index (χ0v) is 11.3. The van der Waals surface area contributed by atoms with E-state index >= 15 is 0 Å². The van der Waals surface area contributed by atoms with Crippen LogP contribution in [0.3, 0.4) is 0 Å². The van der Waals surface area contributed by atoms with Crippen molar-refractivity contribution >= 4 is 5.82 Å². The summed E-state index contributed by atoms with van der Waals surface area (Å²) in [5, 5.41) is 12.5. The number of hydrogen-bond donors (Lipinski definition) is 1. The van der Waals surface area contributed by atoms with E-state index in [1.165, 1.54) is 32.1 Å². The van der Waals surface area contributed by atoms with Gasteiger partial charge in [-0.2, -0.15) is 5.26 Å². The predicted molar refractivity (Wildman–Crippen MR) is 73.4 cm³/mol. The minimum Gasteiger partial charge on any atom is -0.368 e. The van der Waals surface area contributed by atoms with Gasteiger partial charge >= 0.3 is 0 Å². The van der Waals surface area contributed by atoms with Gasteiger partial charge in [-0.05, 0) is 43.7 Å². The topological polar surface area (TPSA) is 48.7 Å². The second-order valence-electron chi connectivity index (χ2n) is 5.37. The lowest BCUT2D eigenvalue weighted by atomic mass is 9.83. The van der Waals surface area contributed by atoms with Gasteiger partial charge in [0.15, 0.2) is 0 Å². The number of hydrogen-bond acceptors (Lipinski definition) is 3. The molecule has 1 saturated carbocycles. The number of aryl methyl sites for hydroxylation is 1. The fourth-order valence-electron chi connectivity index (χ4n) is 2.83. The van der Waals surface area contributed by atoms with Crippen molar-refractivity contribution in [3.05, 3.63) is 23.4 Å². The van der Waals surface area contributed by atoms with Gasteiger partial charge in [-0.25, -0.2) is 4.98 Å². The molecule has 3 nitrogen and oxygen atoms in total. The van der Waals surface area contributed by atoms with Gasteiger partial charge in [0.2, 0.25) is 0 Å². The highest BCUT2D eigenvalue weighted by Crippen LogP contribution is 2.40. The lowest BCUT2D eigenvalue weighted by molar-refractivity contribution is 0.306. The fourth-order valence-corrected chi connectivity index (χ4v) is 2.83. The van der Waals surface area contributed by atoms with Crippen LogP contribution < -0.4 is 5.32 Å². The second kappa shape index (κ2) is 5.39. The maximum Gasteiger partial charge on any atom is 0.144 e. The van der Waals surface area contributed by atoms with Crippen molar-refractivity contribution in [2.24, 2.45) is 5.41 Å². The van der Waals surface area contributed by atoms with Gasteiger partial charge in [0, 0.05) is 12.2 Å². The molecule has 3 heteroatoms. The van der Waals surface area contributed by atoms with Crippen LogP contribution in [-0.2, 0) is 0 Å². The molecule has 1 aromatic heterocycles. The van der Waals surface area contributed by atoms with Gasteiger partial charge in [-0.1, -0.05) is 19.8 Å². The summed E-state index contributed by atoms with van der Waals surface area (Å²) in [6.45, 7) is 5.16. The zero-order valence-electron chi connectivity index (χ0n) is 11.3. The Hall–Kier alpha value is -1.56. The maximum atomic E-state index is 9.09. The van der Waals surface area contributed by atoms with Crippen molar-refractivity contribution in [2.75, 3.05) is 11.9 Å². The van der Waals surface area contributed by atoms with E-state index in [1.807, 2.05) is 19.1 Å². The lowest BCUT2D eigenvalue weighted by Crippen LogP contribution is -2.26. The van der Waals surface area contributed by atoms with Crippen molar-refractivity contribution in [2.45, 2.75) is 46.0 Å². The Balaban J connectivity index is 2.10. The molecule has 0 aliphatic heterocycles. The maximum absolute atomic E-state index is 9.09. The van der Waals surface area contributed by atoms with Crippen LogP contribution >= 0.6 is 0 Å². The van der Waals surface area contributed by atoms with Crippen LogP contribution in [0.25, 0.3) is 0 Å². The minimum absolute atomic E-state index is 0.415. The Kier molecular flexibility index (Phi) is 3.86. The van der Waals surface area contributed by atoms with Gasteiger partial charge in [-0.3, -0.25) is 0 Å². The summed E-state index contributed by atoms with van der Waals surface area (Å²) in [6, 6.07) is 5.93. The highest BCUT2D eigenvalue weighted by Gasteiger charge is 2.31. The Morgan fingerprint density at radius 3 is 2.72 bits per heavy atom. The summed E-state index contributed by atoms with van der Waals surface area (Å²) in [5.74, 6) is 0.747. The molecule has 0 bridgehead atoms. The molecule has 96 valence electrons. The molecule has 1 N–H and O–H groups in total.